The minimum Gasteiger partial charge on any atom is -0.368 e. The molecule has 0 spiro atoms. The molecule has 0 aliphatic heterocycles. The van der Waals surface area contributed by atoms with E-state index < -0.39 is 5.67 Å². The average Bonchev–Trinajstić information content (AvgIpc) is 3.32. The number of hydrogen-bond donors (Lipinski definition) is 2. The Bertz CT molecular complexity index is 698. The molecule has 1 saturated carbocycles. The van der Waals surface area contributed by atoms with Crippen LogP contribution in [0.1, 0.15) is 50.9 Å². The molecule has 3 atom stereocenters. The molecule has 0 bridgehead atoms. The van der Waals surface area contributed by atoms with Crippen LogP contribution in [-0.4, -0.2) is 21.0 Å². The van der Waals surface area contributed by atoms with Crippen LogP contribution in [0.4, 0.5) is 16.3 Å². The second-order valence-electron chi connectivity index (χ2n) is 6.89. The van der Waals surface area contributed by atoms with Crippen molar-refractivity contribution in [2.45, 2.75) is 51.2 Å². The zero-order valence-corrected chi connectivity index (χ0v) is 14.3. The van der Waals surface area contributed by atoms with Crippen molar-refractivity contribution in [3.63, 3.8) is 0 Å². The molecular formula is C18H24FN5. The van der Waals surface area contributed by atoms with E-state index in [9.17, 15) is 4.39 Å². The number of rotatable bonds is 6. The number of halogens is 1. The predicted octanol–water partition coefficient (Wildman–Crippen LogP) is 3.65. The summed E-state index contributed by atoms with van der Waals surface area (Å²) in [6, 6.07) is 10.7. The van der Waals surface area contributed by atoms with Gasteiger partial charge >= 0.3 is 0 Å². The van der Waals surface area contributed by atoms with Crippen molar-refractivity contribution in [1.82, 2.24) is 15.0 Å². The summed E-state index contributed by atoms with van der Waals surface area (Å²) >= 11 is 0. The zero-order valence-electron chi connectivity index (χ0n) is 14.3. The van der Waals surface area contributed by atoms with Gasteiger partial charge in [-0.15, -0.1) is 0 Å². The third kappa shape index (κ3) is 3.63. The summed E-state index contributed by atoms with van der Waals surface area (Å²) < 4.78 is 14.1. The Kier molecular flexibility index (Phi) is 4.39. The predicted molar refractivity (Wildman–Crippen MR) is 93.4 cm³/mol. The number of nitrogens with one attached hydrogen (secondary N) is 1. The lowest BCUT2D eigenvalue weighted by Crippen LogP contribution is -2.25. The molecule has 0 radical (unpaired) electrons. The summed E-state index contributed by atoms with van der Waals surface area (Å²) in [5.74, 6) is 1.53. The summed E-state index contributed by atoms with van der Waals surface area (Å²) in [4.78, 5) is 12.2. The number of alkyl halides is 1. The van der Waals surface area contributed by atoms with Gasteiger partial charge in [0.1, 0.15) is 0 Å². The molecule has 1 heterocycles. The van der Waals surface area contributed by atoms with Gasteiger partial charge < -0.3 is 11.1 Å². The van der Waals surface area contributed by atoms with Crippen molar-refractivity contribution in [2.75, 3.05) is 11.1 Å². The fourth-order valence-corrected chi connectivity index (χ4v) is 3.14. The number of anilines is 2. The smallest absolute Gasteiger partial charge is 0.228 e. The van der Waals surface area contributed by atoms with Crippen molar-refractivity contribution in [2.24, 2.45) is 5.92 Å². The highest BCUT2D eigenvalue weighted by atomic mass is 19.1. The van der Waals surface area contributed by atoms with Gasteiger partial charge in [-0.1, -0.05) is 37.3 Å². The van der Waals surface area contributed by atoms with Crippen LogP contribution in [0.15, 0.2) is 30.3 Å². The van der Waals surface area contributed by atoms with Crippen molar-refractivity contribution in [1.29, 1.82) is 0 Å². The molecule has 1 aromatic heterocycles. The fourth-order valence-electron chi connectivity index (χ4n) is 3.14. The molecule has 1 aliphatic carbocycles. The van der Waals surface area contributed by atoms with Gasteiger partial charge in [0.05, 0.1) is 0 Å². The van der Waals surface area contributed by atoms with Gasteiger partial charge in [0.25, 0.3) is 0 Å². The van der Waals surface area contributed by atoms with Gasteiger partial charge in [0.2, 0.25) is 11.9 Å². The molecule has 1 unspecified atom stereocenters. The molecule has 3 N–H and O–H groups in total. The van der Waals surface area contributed by atoms with Gasteiger partial charge in [-0.2, -0.15) is 15.0 Å². The largest absolute Gasteiger partial charge is 0.368 e. The first-order valence-corrected chi connectivity index (χ1v) is 8.41. The molecular weight excluding hydrogens is 305 g/mol. The molecule has 1 fully saturated rings. The normalized spacial score (nSPS) is 21.3. The topological polar surface area (TPSA) is 76.7 Å². The molecule has 3 rings (SSSR count). The molecule has 24 heavy (non-hydrogen) atoms. The van der Waals surface area contributed by atoms with Crippen LogP contribution in [-0.2, 0) is 5.67 Å². The number of hydrogen-bond acceptors (Lipinski definition) is 5. The van der Waals surface area contributed by atoms with E-state index in [4.69, 9.17) is 5.73 Å². The number of benzene rings is 1. The number of nitrogens with two attached hydrogens (primary N) is 1. The first-order valence-electron chi connectivity index (χ1n) is 8.41. The monoisotopic (exact) mass is 329 g/mol. The van der Waals surface area contributed by atoms with Gasteiger partial charge in [-0.3, -0.25) is 0 Å². The Hall–Kier alpha value is -2.24. The molecule has 0 saturated heterocycles. The van der Waals surface area contributed by atoms with Crippen LogP contribution in [0, 0.1) is 5.92 Å². The number of nitrogens with zero attached hydrogens (tertiary/aromatic N) is 3. The van der Waals surface area contributed by atoms with E-state index in [-0.39, 0.29) is 17.8 Å². The molecule has 2 aromatic rings. The standard InChI is InChI=1S/C18H24FN5/c1-4-14(13-10-12(13)11-8-6-5-7-9-11)21-17-23-15(18(2,3)19)22-16(20)24-17/h5-9,12-14H,4,10H2,1-3H3,(H3,20,21,22,23,24)/t12-,13+,14?/m0/s1. The highest BCUT2D eigenvalue weighted by Crippen LogP contribution is 2.50. The third-order valence-corrected chi connectivity index (χ3v) is 4.52. The molecule has 128 valence electrons. The highest BCUT2D eigenvalue weighted by Gasteiger charge is 2.43. The fraction of sp³-hybridized carbons (Fsp3) is 0.500. The second-order valence-corrected chi connectivity index (χ2v) is 6.89. The summed E-state index contributed by atoms with van der Waals surface area (Å²) in [6.07, 6.45) is 2.07. The first-order chi connectivity index (χ1) is 11.4. The molecule has 0 amide bonds. The van der Waals surface area contributed by atoms with E-state index in [1.807, 2.05) is 6.07 Å². The van der Waals surface area contributed by atoms with Crippen molar-refractivity contribution in [3.05, 3.63) is 41.7 Å². The van der Waals surface area contributed by atoms with E-state index in [1.165, 1.54) is 19.4 Å². The van der Waals surface area contributed by atoms with Gasteiger partial charge in [-0.05, 0) is 44.1 Å². The van der Waals surface area contributed by atoms with Crippen molar-refractivity contribution in [3.8, 4) is 0 Å². The van der Waals surface area contributed by atoms with Gasteiger partial charge in [0.15, 0.2) is 11.5 Å². The van der Waals surface area contributed by atoms with Crippen molar-refractivity contribution < 1.29 is 4.39 Å². The van der Waals surface area contributed by atoms with E-state index in [0.717, 1.165) is 12.8 Å². The van der Waals surface area contributed by atoms with Crippen LogP contribution < -0.4 is 11.1 Å². The maximum Gasteiger partial charge on any atom is 0.228 e. The van der Waals surface area contributed by atoms with Gasteiger partial charge in [-0.25, -0.2) is 4.39 Å². The number of nitrogen functional groups attached to an aromatic ring is 1. The Morgan fingerprint density at radius 2 is 1.96 bits per heavy atom. The Labute approximate surface area is 141 Å². The van der Waals surface area contributed by atoms with E-state index in [2.05, 4.69) is 51.5 Å². The number of aromatic nitrogens is 3. The minimum absolute atomic E-state index is 0.0403. The van der Waals surface area contributed by atoms with Crippen LogP contribution in [0.2, 0.25) is 0 Å². The van der Waals surface area contributed by atoms with Crippen molar-refractivity contribution >= 4 is 11.9 Å². The molecule has 6 heteroatoms. The Balaban J connectivity index is 1.74. The zero-order chi connectivity index (χ0) is 17.3. The molecule has 1 aromatic carbocycles. The maximum absolute atomic E-state index is 14.1. The van der Waals surface area contributed by atoms with E-state index in [0.29, 0.717) is 17.8 Å². The minimum atomic E-state index is -1.65. The average molecular weight is 329 g/mol. The van der Waals surface area contributed by atoms with Gasteiger partial charge in [0, 0.05) is 6.04 Å². The maximum atomic E-state index is 14.1. The summed E-state index contributed by atoms with van der Waals surface area (Å²) in [5, 5.41) is 3.33. The summed E-state index contributed by atoms with van der Waals surface area (Å²) in [5.41, 5.74) is 5.43. The van der Waals surface area contributed by atoms with Crippen LogP contribution in [0.5, 0.6) is 0 Å². The lowest BCUT2D eigenvalue weighted by Gasteiger charge is -2.19. The van der Waals surface area contributed by atoms with Crippen LogP contribution in [0.3, 0.4) is 0 Å². The third-order valence-electron chi connectivity index (χ3n) is 4.52. The molecule has 5 nitrogen and oxygen atoms in total. The molecule has 1 aliphatic rings. The lowest BCUT2D eigenvalue weighted by atomic mass is 10.0. The highest BCUT2D eigenvalue weighted by molar-refractivity contribution is 5.35. The van der Waals surface area contributed by atoms with E-state index >= 15 is 0 Å². The Morgan fingerprint density at radius 1 is 1.25 bits per heavy atom. The second kappa shape index (κ2) is 6.34. The SMILES string of the molecule is CCC(Nc1nc(N)nc(C(C)(C)F)n1)[C@@H]1C[C@H]1c1ccccc1. The van der Waals surface area contributed by atoms with Crippen LogP contribution in [0.25, 0.3) is 0 Å². The first kappa shape index (κ1) is 16.6. The van der Waals surface area contributed by atoms with E-state index in [1.54, 1.807) is 0 Å². The quantitative estimate of drug-likeness (QED) is 0.846. The summed E-state index contributed by atoms with van der Waals surface area (Å²) in [6.45, 7) is 4.95. The summed E-state index contributed by atoms with van der Waals surface area (Å²) in [7, 11) is 0. The lowest BCUT2D eigenvalue weighted by molar-refractivity contribution is 0.206. The Morgan fingerprint density at radius 3 is 2.58 bits per heavy atom. The van der Waals surface area contributed by atoms with Crippen LogP contribution >= 0.6 is 0 Å².